The van der Waals surface area contributed by atoms with Crippen molar-refractivity contribution in [3.05, 3.63) is 23.3 Å². The van der Waals surface area contributed by atoms with Crippen LogP contribution in [0.25, 0.3) is 0 Å². The maximum absolute atomic E-state index is 11.5. The molecule has 0 radical (unpaired) electrons. The van der Waals surface area contributed by atoms with Crippen molar-refractivity contribution in [2.45, 2.75) is 31.5 Å². The van der Waals surface area contributed by atoms with Crippen LogP contribution in [0.2, 0.25) is 0 Å². The van der Waals surface area contributed by atoms with E-state index in [4.69, 9.17) is 4.74 Å². The Bertz CT molecular complexity index is 528. The zero-order valence-corrected chi connectivity index (χ0v) is 10.8. The van der Waals surface area contributed by atoms with Crippen molar-refractivity contribution in [2.24, 2.45) is 0 Å². The lowest BCUT2D eigenvalue weighted by Gasteiger charge is -2.42. The Kier molecular flexibility index (Phi) is 2.95. The Hall–Kier alpha value is -1.59. The van der Waals surface area contributed by atoms with E-state index in [9.17, 15) is 15.0 Å². The Morgan fingerprint density at radius 2 is 2.21 bits per heavy atom. The smallest absolute Gasteiger partial charge is 0.162 e. The van der Waals surface area contributed by atoms with Crippen molar-refractivity contribution >= 4 is 5.78 Å². The first kappa shape index (κ1) is 12.4. The van der Waals surface area contributed by atoms with E-state index in [1.165, 1.54) is 7.11 Å². The summed E-state index contributed by atoms with van der Waals surface area (Å²) < 4.78 is 5.10. The van der Waals surface area contributed by atoms with Crippen molar-refractivity contribution in [1.82, 2.24) is 4.90 Å². The molecule has 1 fully saturated rings. The quantitative estimate of drug-likeness (QED) is 0.790. The van der Waals surface area contributed by atoms with Gasteiger partial charge in [0.15, 0.2) is 11.5 Å². The summed E-state index contributed by atoms with van der Waals surface area (Å²) in [6.07, 6.45) is 0.168. The maximum atomic E-state index is 11.5. The lowest BCUT2D eigenvalue weighted by molar-refractivity contribution is -0.126. The van der Waals surface area contributed by atoms with Crippen molar-refractivity contribution in [1.29, 1.82) is 0 Å². The molecule has 1 aromatic carbocycles. The molecular formula is C14H17NO4. The van der Waals surface area contributed by atoms with E-state index in [0.717, 1.165) is 0 Å². The number of aliphatic hydroxyl groups excluding tert-OH is 1. The number of rotatable bonds is 1. The molecular weight excluding hydrogens is 246 g/mol. The molecule has 1 saturated heterocycles. The third kappa shape index (κ3) is 1.89. The van der Waals surface area contributed by atoms with Gasteiger partial charge in [0.1, 0.15) is 5.78 Å². The zero-order valence-electron chi connectivity index (χ0n) is 10.8. The van der Waals surface area contributed by atoms with Gasteiger partial charge in [0.25, 0.3) is 0 Å². The van der Waals surface area contributed by atoms with Crippen LogP contribution in [0, 0.1) is 0 Å². The summed E-state index contributed by atoms with van der Waals surface area (Å²) in [4.78, 5) is 13.6. The van der Waals surface area contributed by atoms with Crippen LogP contribution in [-0.2, 0) is 11.3 Å². The van der Waals surface area contributed by atoms with Gasteiger partial charge in [-0.15, -0.1) is 0 Å². The minimum absolute atomic E-state index is 0.0920. The predicted molar refractivity (Wildman–Crippen MR) is 68.1 cm³/mol. The summed E-state index contributed by atoms with van der Waals surface area (Å²) in [6, 6.07) is 3.26. The number of hydrogen-bond donors (Lipinski definition) is 2. The van der Waals surface area contributed by atoms with Crippen LogP contribution in [0.3, 0.4) is 0 Å². The number of aliphatic hydroxyl groups is 1. The molecule has 2 N–H and O–H groups in total. The Morgan fingerprint density at radius 1 is 1.42 bits per heavy atom. The highest BCUT2D eigenvalue weighted by molar-refractivity contribution is 5.80. The van der Waals surface area contributed by atoms with Gasteiger partial charge in [0, 0.05) is 37.5 Å². The fourth-order valence-electron chi connectivity index (χ4n) is 3.05. The molecule has 3 rings (SSSR count). The maximum Gasteiger partial charge on any atom is 0.162 e. The standard InChI is InChI=1S/C14H17NO4/c1-19-12-3-2-9-10(14(12)18)7-15-5-4-8(16)6-11(15)13(9)17/h2-3,11,13,17-18H,4-7H2,1H3/t11-,13-/m1/s1. The van der Waals surface area contributed by atoms with Crippen LogP contribution < -0.4 is 4.74 Å². The minimum atomic E-state index is -0.732. The molecule has 0 aliphatic carbocycles. The molecule has 0 spiro atoms. The van der Waals surface area contributed by atoms with E-state index in [1.807, 2.05) is 0 Å². The number of phenolic OH excluding ortho intramolecular Hbond substituents is 1. The van der Waals surface area contributed by atoms with Gasteiger partial charge in [0.2, 0.25) is 0 Å². The SMILES string of the molecule is COc1ccc2c(c1O)CN1CCC(=O)C[C@@H]1[C@@H]2O. The number of fused-ring (bicyclic) bond motifs is 2. The van der Waals surface area contributed by atoms with Crippen LogP contribution in [0.15, 0.2) is 12.1 Å². The number of nitrogens with zero attached hydrogens (tertiary/aromatic N) is 1. The number of aromatic hydroxyl groups is 1. The van der Waals surface area contributed by atoms with Crippen LogP contribution in [-0.4, -0.2) is 40.6 Å². The van der Waals surface area contributed by atoms with E-state index in [2.05, 4.69) is 4.90 Å². The van der Waals surface area contributed by atoms with Crippen molar-refractivity contribution in [3.8, 4) is 11.5 Å². The topological polar surface area (TPSA) is 70.0 Å². The predicted octanol–water partition coefficient (Wildman–Crippen LogP) is 0.981. The molecule has 0 amide bonds. The van der Waals surface area contributed by atoms with Crippen LogP contribution >= 0.6 is 0 Å². The second-order valence-electron chi connectivity index (χ2n) is 5.16. The monoisotopic (exact) mass is 263 g/mol. The van der Waals surface area contributed by atoms with Gasteiger partial charge in [-0.3, -0.25) is 9.69 Å². The number of piperidine rings is 1. The number of ether oxygens (including phenoxy) is 1. The minimum Gasteiger partial charge on any atom is -0.504 e. The van der Waals surface area contributed by atoms with Crippen molar-refractivity contribution < 1.29 is 19.7 Å². The Balaban J connectivity index is 2.03. The Labute approximate surface area is 111 Å². The average molecular weight is 263 g/mol. The van der Waals surface area contributed by atoms with Gasteiger partial charge in [-0.1, -0.05) is 6.07 Å². The fourth-order valence-corrected chi connectivity index (χ4v) is 3.05. The van der Waals surface area contributed by atoms with Crippen molar-refractivity contribution in [2.75, 3.05) is 13.7 Å². The summed E-state index contributed by atoms with van der Waals surface area (Å²) >= 11 is 0. The van der Waals surface area contributed by atoms with Gasteiger partial charge in [-0.25, -0.2) is 0 Å². The second kappa shape index (κ2) is 4.51. The fraction of sp³-hybridized carbons (Fsp3) is 0.500. The number of carbonyl (C=O) groups excluding carboxylic acids is 1. The van der Waals surface area contributed by atoms with E-state index in [-0.39, 0.29) is 17.6 Å². The van der Waals surface area contributed by atoms with E-state index in [1.54, 1.807) is 12.1 Å². The molecule has 2 aliphatic heterocycles. The molecule has 1 aromatic rings. The van der Waals surface area contributed by atoms with E-state index < -0.39 is 6.10 Å². The summed E-state index contributed by atoms with van der Waals surface area (Å²) in [6.45, 7) is 1.18. The Morgan fingerprint density at radius 3 is 2.95 bits per heavy atom. The molecule has 0 aromatic heterocycles. The number of hydrogen-bond acceptors (Lipinski definition) is 5. The number of methoxy groups -OCH3 is 1. The first-order chi connectivity index (χ1) is 9.11. The first-order valence-corrected chi connectivity index (χ1v) is 6.44. The van der Waals surface area contributed by atoms with Gasteiger partial charge < -0.3 is 14.9 Å². The van der Waals surface area contributed by atoms with Gasteiger partial charge >= 0.3 is 0 Å². The molecule has 0 bridgehead atoms. The summed E-state index contributed by atoms with van der Waals surface area (Å²) in [5.41, 5.74) is 1.41. The number of carbonyl (C=O) groups is 1. The second-order valence-corrected chi connectivity index (χ2v) is 5.16. The largest absolute Gasteiger partial charge is 0.504 e. The molecule has 5 heteroatoms. The van der Waals surface area contributed by atoms with E-state index >= 15 is 0 Å². The highest BCUT2D eigenvalue weighted by Gasteiger charge is 2.39. The number of Topliss-reactive ketones (excluding diaryl/α,β-unsaturated/α-hetero) is 1. The molecule has 2 atom stereocenters. The summed E-state index contributed by atoms with van der Waals surface area (Å²) in [7, 11) is 1.50. The first-order valence-electron chi connectivity index (χ1n) is 6.44. The molecule has 5 nitrogen and oxygen atoms in total. The average Bonchev–Trinajstić information content (AvgIpc) is 2.41. The highest BCUT2D eigenvalue weighted by atomic mass is 16.5. The lowest BCUT2D eigenvalue weighted by Crippen LogP contribution is -2.48. The number of ketones is 1. The highest BCUT2D eigenvalue weighted by Crippen LogP contribution is 2.42. The van der Waals surface area contributed by atoms with Gasteiger partial charge in [-0.05, 0) is 11.6 Å². The normalized spacial score (nSPS) is 26.7. The van der Waals surface area contributed by atoms with Crippen LogP contribution in [0.5, 0.6) is 11.5 Å². The zero-order chi connectivity index (χ0) is 13.6. The number of benzene rings is 1. The molecule has 2 aliphatic rings. The molecule has 0 unspecified atom stereocenters. The van der Waals surface area contributed by atoms with Gasteiger partial charge in [0.05, 0.1) is 13.2 Å². The van der Waals surface area contributed by atoms with E-state index in [0.29, 0.717) is 42.8 Å². The number of phenols is 1. The molecule has 0 saturated carbocycles. The molecule has 19 heavy (non-hydrogen) atoms. The lowest BCUT2D eigenvalue weighted by atomic mass is 9.85. The summed E-state index contributed by atoms with van der Waals surface area (Å²) in [5, 5.41) is 20.6. The van der Waals surface area contributed by atoms with Crippen LogP contribution in [0.4, 0.5) is 0 Å². The third-order valence-corrected chi connectivity index (χ3v) is 4.13. The van der Waals surface area contributed by atoms with Crippen molar-refractivity contribution in [3.63, 3.8) is 0 Å². The molecule has 2 heterocycles. The molecule has 102 valence electrons. The summed E-state index contributed by atoms with van der Waals surface area (Å²) in [5.74, 6) is 0.702. The van der Waals surface area contributed by atoms with Gasteiger partial charge in [-0.2, -0.15) is 0 Å². The third-order valence-electron chi connectivity index (χ3n) is 4.13. The van der Waals surface area contributed by atoms with Crippen LogP contribution in [0.1, 0.15) is 30.1 Å².